The highest BCUT2D eigenvalue weighted by Gasteiger charge is 2.78. The third kappa shape index (κ3) is 3.87. The lowest BCUT2D eigenvalue weighted by Crippen LogP contribution is -2.58. The highest BCUT2D eigenvalue weighted by molar-refractivity contribution is 6.15. The maximum absolute atomic E-state index is 14.2. The quantitative estimate of drug-likeness (QED) is 0.300. The molecular weight excluding hydrogens is 511 g/mol. The molecule has 9 atom stereocenters. The number of aromatic nitrogens is 1. The third-order valence-corrected chi connectivity index (χ3v) is 9.91. The van der Waals surface area contributed by atoms with E-state index in [1.54, 1.807) is 13.0 Å². The van der Waals surface area contributed by atoms with Gasteiger partial charge >= 0.3 is 0 Å². The van der Waals surface area contributed by atoms with Gasteiger partial charge in [-0.05, 0) is 80.0 Å². The highest BCUT2D eigenvalue weighted by atomic mass is 19.1. The van der Waals surface area contributed by atoms with Crippen LogP contribution in [0.3, 0.4) is 0 Å². The van der Waals surface area contributed by atoms with Gasteiger partial charge in [0, 0.05) is 35.0 Å². The number of allylic oxidation sites excluding steroid dienone is 3. The van der Waals surface area contributed by atoms with Crippen LogP contribution in [0.5, 0.6) is 0 Å². The number of nitrogens with one attached hydrogen (secondary N) is 2. The van der Waals surface area contributed by atoms with Gasteiger partial charge in [-0.3, -0.25) is 14.4 Å². The van der Waals surface area contributed by atoms with Crippen molar-refractivity contribution >= 4 is 28.4 Å². The zero-order chi connectivity index (χ0) is 28.6. The van der Waals surface area contributed by atoms with Gasteiger partial charge in [-0.2, -0.15) is 0 Å². The Morgan fingerprint density at radius 3 is 2.73 bits per heavy atom. The number of H-pyrrole nitrogens is 1. The number of fused-ring (bicyclic) bond motifs is 3. The average molecular weight is 547 g/mol. The van der Waals surface area contributed by atoms with Crippen molar-refractivity contribution in [2.24, 2.45) is 29.1 Å². The first kappa shape index (κ1) is 26.8. The molecule has 2 aliphatic carbocycles. The summed E-state index contributed by atoms with van der Waals surface area (Å²) in [5.41, 5.74) is 0.172. The summed E-state index contributed by atoms with van der Waals surface area (Å²) in [4.78, 5) is 44.4. The van der Waals surface area contributed by atoms with E-state index in [1.165, 1.54) is 18.2 Å². The highest BCUT2D eigenvalue weighted by Crippen LogP contribution is 2.66. The molecular formula is C32H35FN2O5. The smallest absolute Gasteiger partial charge is 0.235 e. The fraction of sp³-hybridized carbons (Fsp3) is 0.469. The van der Waals surface area contributed by atoms with Crippen LogP contribution in [-0.2, 0) is 25.5 Å². The third-order valence-electron chi connectivity index (χ3n) is 9.91. The number of carbonyl (C=O) groups excluding carboxylic acids is 3. The molecule has 7 nitrogen and oxygen atoms in total. The first-order chi connectivity index (χ1) is 19.0. The Kier molecular flexibility index (Phi) is 6.27. The fourth-order valence-corrected chi connectivity index (χ4v) is 7.68. The van der Waals surface area contributed by atoms with E-state index in [1.807, 2.05) is 45.2 Å². The van der Waals surface area contributed by atoms with Crippen molar-refractivity contribution in [3.63, 3.8) is 0 Å². The molecule has 2 aliphatic heterocycles. The molecule has 2 saturated heterocycles. The molecule has 6 rings (SSSR count). The Morgan fingerprint density at radius 2 is 1.95 bits per heavy atom. The molecule has 0 unspecified atom stereocenters. The molecule has 3 N–H and O–H groups in total. The van der Waals surface area contributed by atoms with E-state index in [0.717, 1.165) is 22.5 Å². The molecule has 0 bridgehead atoms. The van der Waals surface area contributed by atoms with Gasteiger partial charge in [0.15, 0.2) is 11.6 Å². The molecule has 0 radical (unpaired) electrons. The predicted octanol–water partition coefficient (Wildman–Crippen LogP) is 3.97. The minimum Gasteiger partial charge on any atom is -0.381 e. The summed E-state index contributed by atoms with van der Waals surface area (Å²) in [6, 6.07) is 4.14. The Hall–Kier alpha value is -3.36. The minimum absolute atomic E-state index is 0.0346. The molecule has 40 heavy (non-hydrogen) atoms. The van der Waals surface area contributed by atoms with Gasteiger partial charge in [0.25, 0.3) is 0 Å². The van der Waals surface area contributed by atoms with Crippen LogP contribution in [-0.4, -0.2) is 51.4 Å². The van der Waals surface area contributed by atoms with Crippen molar-refractivity contribution in [2.75, 3.05) is 0 Å². The first-order valence-corrected chi connectivity index (χ1v) is 14.0. The molecule has 3 fully saturated rings. The summed E-state index contributed by atoms with van der Waals surface area (Å²) in [7, 11) is 0. The van der Waals surface area contributed by atoms with E-state index in [2.05, 4.69) is 10.3 Å². The number of rotatable bonds is 2. The van der Waals surface area contributed by atoms with E-state index >= 15 is 0 Å². The lowest BCUT2D eigenvalue weighted by atomic mass is 9.51. The molecule has 3 heterocycles. The van der Waals surface area contributed by atoms with E-state index in [-0.39, 0.29) is 29.7 Å². The Labute approximate surface area is 232 Å². The zero-order valence-electron chi connectivity index (χ0n) is 23.1. The largest absolute Gasteiger partial charge is 0.381 e. The molecule has 2 aromatic rings. The maximum Gasteiger partial charge on any atom is 0.235 e. The van der Waals surface area contributed by atoms with Crippen LogP contribution in [0.1, 0.15) is 39.7 Å². The number of benzene rings is 1. The van der Waals surface area contributed by atoms with Gasteiger partial charge in [0.05, 0.1) is 11.7 Å². The second-order valence-electron chi connectivity index (χ2n) is 12.3. The average Bonchev–Trinajstić information content (AvgIpc) is 3.33. The van der Waals surface area contributed by atoms with E-state index in [4.69, 9.17) is 4.74 Å². The number of hydrogen-bond acceptors (Lipinski definition) is 5. The van der Waals surface area contributed by atoms with E-state index in [0.29, 0.717) is 18.4 Å². The predicted molar refractivity (Wildman–Crippen MR) is 148 cm³/mol. The molecule has 1 amide bonds. The molecule has 1 aromatic carbocycles. The van der Waals surface area contributed by atoms with Crippen LogP contribution in [0.15, 0.2) is 60.3 Å². The van der Waals surface area contributed by atoms with Crippen molar-refractivity contribution in [1.29, 1.82) is 0 Å². The van der Waals surface area contributed by atoms with Gasteiger partial charge in [0.2, 0.25) is 5.91 Å². The molecule has 210 valence electrons. The number of ketones is 2. The summed E-state index contributed by atoms with van der Waals surface area (Å²) >= 11 is 0. The Bertz CT molecular complexity index is 1510. The van der Waals surface area contributed by atoms with Crippen molar-refractivity contribution in [2.45, 2.75) is 64.4 Å². The zero-order valence-corrected chi connectivity index (χ0v) is 23.1. The number of aliphatic hydroxyl groups is 1. The topological polar surface area (TPSA) is 112 Å². The first-order valence-electron chi connectivity index (χ1n) is 14.0. The summed E-state index contributed by atoms with van der Waals surface area (Å²) in [6.45, 7) is 7.75. The van der Waals surface area contributed by atoms with Crippen LogP contribution >= 0.6 is 0 Å². The van der Waals surface area contributed by atoms with Gasteiger partial charge in [-0.1, -0.05) is 32.1 Å². The second kappa shape index (κ2) is 9.35. The molecule has 4 aliphatic rings. The second-order valence-corrected chi connectivity index (χ2v) is 12.3. The van der Waals surface area contributed by atoms with Crippen molar-refractivity contribution in [3.05, 3.63) is 71.7 Å². The standard InChI is InChI=1S/C32H35FN2O5/c1-16-6-5-7-22-29-31(4,40-29)18(3)27-24(13-19-15-34-23-9-8-20(33)14-21(19)23)35-30(39)32(22,27)26(37)11-10-25(36)28(38)17(2)12-16/h5,7-12,14-16,18,22,24,27-29,34,38H,6,13H2,1-4H3,(H,35,39)/b7-5+,11-10+,17-12+/t16-,18-,22-,24-,27-,28+,29-,31+,32+/m0/s1. The Morgan fingerprint density at radius 1 is 1.18 bits per heavy atom. The van der Waals surface area contributed by atoms with Crippen LogP contribution in [0, 0.1) is 34.9 Å². The lowest BCUT2D eigenvalue weighted by Gasteiger charge is -2.45. The van der Waals surface area contributed by atoms with Crippen LogP contribution in [0.2, 0.25) is 0 Å². The number of carbonyl (C=O) groups is 3. The minimum atomic E-state index is -1.49. The number of halogens is 1. The molecule has 1 saturated carbocycles. The van der Waals surface area contributed by atoms with E-state index < -0.39 is 46.6 Å². The SMILES string of the molecule is C/C1=C\[C@@H](C)C/C=C/[C@H]2[C@@H]3O[C@]3(C)[C@@H](C)[C@H]3[C@H](Cc4c[nH]c5ccc(F)cc45)NC(=O)[C@]32C(=O)/C=C/C(=O)[C@@H]1O. The summed E-state index contributed by atoms with van der Waals surface area (Å²) < 4.78 is 20.4. The van der Waals surface area contributed by atoms with Crippen LogP contribution in [0.25, 0.3) is 10.9 Å². The number of amides is 1. The monoisotopic (exact) mass is 546 g/mol. The van der Waals surface area contributed by atoms with Crippen molar-refractivity contribution in [1.82, 2.24) is 10.3 Å². The Balaban J connectivity index is 1.46. The summed E-state index contributed by atoms with van der Waals surface area (Å²) in [5.74, 6) is -2.89. The number of ether oxygens (including phenoxy) is 1. The number of aliphatic hydroxyl groups excluding tert-OH is 1. The summed E-state index contributed by atoms with van der Waals surface area (Å²) in [5, 5.41) is 14.4. The van der Waals surface area contributed by atoms with E-state index in [9.17, 15) is 23.9 Å². The number of aromatic amines is 1. The van der Waals surface area contributed by atoms with Gasteiger partial charge in [0.1, 0.15) is 17.3 Å². The normalized spacial score (nSPS) is 42.3. The van der Waals surface area contributed by atoms with Crippen molar-refractivity contribution in [3.8, 4) is 0 Å². The number of hydrogen-bond donors (Lipinski definition) is 3. The molecule has 1 aromatic heterocycles. The van der Waals surface area contributed by atoms with Crippen molar-refractivity contribution < 1.29 is 28.6 Å². The number of epoxide rings is 1. The fourth-order valence-electron chi connectivity index (χ4n) is 7.68. The van der Waals surface area contributed by atoms with Gasteiger partial charge in [-0.15, -0.1) is 0 Å². The lowest BCUT2D eigenvalue weighted by molar-refractivity contribution is -0.145. The van der Waals surface area contributed by atoms with Gasteiger partial charge in [-0.25, -0.2) is 4.39 Å². The maximum atomic E-state index is 14.2. The van der Waals surface area contributed by atoms with Gasteiger partial charge < -0.3 is 20.1 Å². The van der Waals surface area contributed by atoms with Crippen LogP contribution < -0.4 is 5.32 Å². The molecule has 1 spiro atoms. The summed E-state index contributed by atoms with van der Waals surface area (Å²) in [6.07, 6.45) is 9.26. The molecule has 8 heteroatoms. The van der Waals surface area contributed by atoms with Crippen LogP contribution in [0.4, 0.5) is 4.39 Å².